The smallest absolute Gasteiger partial charge is 0.336 e. The van der Waals surface area contributed by atoms with Crippen molar-refractivity contribution in [3.63, 3.8) is 0 Å². The fraction of sp³-hybridized carbons (Fsp3) is 0.208. The maximum absolute atomic E-state index is 12.7. The van der Waals surface area contributed by atoms with Crippen LogP contribution in [0.5, 0.6) is 0 Å². The number of benzene rings is 2. The van der Waals surface area contributed by atoms with Gasteiger partial charge in [-0.2, -0.15) is 4.98 Å². The molecule has 0 saturated heterocycles. The molecule has 2 aromatic carbocycles. The molecule has 1 aliphatic heterocycles. The molecule has 0 unspecified atom stereocenters. The molecule has 7 heteroatoms. The molecule has 1 aliphatic rings. The average molecular weight is 415 g/mol. The van der Waals surface area contributed by atoms with E-state index in [0.29, 0.717) is 29.7 Å². The average Bonchev–Trinajstić information content (AvgIpc) is 3.14. The van der Waals surface area contributed by atoms with Gasteiger partial charge in [0.15, 0.2) is 0 Å². The molecule has 7 nitrogen and oxygen atoms in total. The summed E-state index contributed by atoms with van der Waals surface area (Å²) < 4.78 is 1.43. The zero-order valence-electron chi connectivity index (χ0n) is 17.0. The molecule has 0 fully saturated rings. The van der Waals surface area contributed by atoms with Crippen LogP contribution in [-0.4, -0.2) is 32.7 Å². The zero-order valence-corrected chi connectivity index (χ0v) is 17.0. The number of aromatic carboxylic acids is 1. The maximum atomic E-state index is 12.7. The lowest BCUT2D eigenvalue weighted by molar-refractivity contribution is 0.0697. The van der Waals surface area contributed by atoms with Gasteiger partial charge in [0.2, 0.25) is 5.95 Å². The van der Waals surface area contributed by atoms with E-state index in [9.17, 15) is 19.5 Å². The van der Waals surface area contributed by atoms with Gasteiger partial charge in [-0.1, -0.05) is 55.8 Å². The molecule has 156 valence electrons. The standard InChI is InChI=1S/C24H21N3O4/c1-2-3-8-20-19(22(29)26-24-25-14-21(28)27(20)24)13-15-9-11-16(12-10-15)17-6-4-5-7-18(17)23(30)31/h4-7,9-12,14H,2-3,8,13H2,1H3,(H,30,31). The molecular formula is C24H21N3O4. The number of hydrogen-bond acceptors (Lipinski definition) is 5. The third kappa shape index (κ3) is 3.94. The van der Waals surface area contributed by atoms with E-state index in [0.717, 1.165) is 24.0 Å². The van der Waals surface area contributed by atoms with E-state index in [-0.39, 0.29) is 23.0 Å². The highest BCUT2D eigenvalue weighted by Gasteiger charge is 2.23. The number of carboxylic acid groups (broad SMARTS) is 1. The van der Waals surface area contributed by atoms with Crippen LogP contribution in [0.4, 0.5) is 5.95 Å². The monoisotopic (exact) mass is 415 g/mol. The third-order valence-electron chi connectivity index (χ3n) is 5.36. The normalized spacial score (nSPS) is 12.2. The minimum absolute atomic E-state index is 0.144. The van der Waals surface area contributed by atoms with Gasteiger partial charge in [-0.05, 0) is 35.6 Å². The van der Waals surface area contributed by atoms with Gasteiger partial charge in [0, 0.05) is 17.7 Å². The second-order valence-corrected chi connectivity index (χ2v) is 7.40. The van der Waals surface area contributed by atoms with Gasteiger partial charge in [0.1, 0.15) is 0 Å². The quantitative estimate of drug-likeness (QED) is 0.631. The molecule has 1 aromatic heterocycles. The number of nitrogens with zero attached hydrogens (tertiary/aromatic N) is 3. The highest BCUT2D eigenvalue weighted by atomic mass is 16.4. The number of unbranched alkanes of at least 4 members (excludes halogenated alkanes) is 1. The Hall–Kier alpha value is -3.87. The molecule has 1 N–H and O–H groups in total. The van der Waals surface area contributed by atoms with Crippen molar-refractivity contribution in [2.24, 2.45) is 4.99 Å². The molecule has 0 radical (unpaired) electrons. The Labute approximate surface area is 178 Å². The Kier molecular flexibility index (Phi) is 5.58. The molecule has 3 aromatic rings. The van der Waals surface area contributed by atoms with Crippen LogP contribution in [0.1, 0.15) is 51.7 Å². The van der Waals surface area contributed by atoms with Crippen molar-refractivity contribution >= 4 is 24.0 Å². The first kappa shape index (κ1) is 20.4. The highest BCUT2D eigenvalue weighted by Crippen LogP contribution is 2.26. The van der Waals surface area contributed by atoms with Crippen molar-refractivity contribution in [3.8, 4) is 11.1 Å². The zero-order chi connectivity index (χ0) is 22.0. The number of hydrogen-bond donors (Lipinski definition) is 1. The summed E-state index contributed by atoms with van der Waals surface area (Å²) in [5.41, 5.74) is 3.31. The Balaban J connectivity index is 1.69. The van der Waals surface area contributed by atoms with Gasteiger partial charge in [-0.3, -0.25) is 9.59 Å². The Morgan fingerprint density at radius 2 is 1.81 bits per heavy atom. The second-order valence-electron chi connectivity index (χ2n) is 7.40. The first-order valence-corrected chi connectivity index (χ1v) is 10.1. The summed E-state index contributed by atoms with van der Waals surface area (Å²) in [4.78, 5) is 44.4. The van der Waals surface area contributed by atoms with E-state index < -0.39 is 5.97 Å². The number of aromatic nitrogens is 2. The fourth-order valence-electron chi connectivity index (χ4n) is 3.79. The summed E-state index contributed by atoms with van der Waals surface area (Å²) in [6, 6.07) is 14.3. The number of rotatable bonds is 7. The van der Waals surface area contributed by atoms with E-state index >= 15 is 0 Å². The van der Waals surface area contributed by atoms with Crippen LogP contribution >= 0.6 is 0 Å². The van der Waals surface area contributed by atoms with Crippen molar-refractivity contribution in [1.82, 2.24) is 9.55 Å². The van der Waals surface area contributed by atoms with E-state index in [2.05, 4.69) is 16.9 Å². The predicted molar refractivity (Wildman–Crippen MR) is 118 cm³/mol. The van der Waals surface area contributed by atoms with Gasteiger partial charge in [-0.25, -0.2) is 14.4 Å². The molecule has 0 saturated carbocycles. The summed E-state index contributed by atoms with van der Waals surface area (Å²) in [6.45, 7) is 2.05. The number of fused-ring (bicyclic) bond motifs is 1. The molecule has 0 atom stereocenters. The van der Waals surface area contributed by atoms with E-state index in [4.69, 9.17) is 0 Å². The Morgan fingerprint density at radius 3 is 2.52 bits per heavy atom. The highest BCUT2D eigenvalue weighted by molar-refractivity contribution is 6.30. The summed E-state index contributed by atoms with van der Waals surface area (Å²) in [5.74, 6) is -1.12. The van der Waals surface area contributed by atoms with Crippen molar-refractivity contribution in [3.05, 3.63) is 81.3 Å². The minimum atomic E-state index is -0.982. The van der Waals surface area contributed by atoms with Crippen molar-refractivity contribution in [2.75, 3.05) is 0 Å². The van der Waals surface area contributed by atoms with Crippen LogP contribution in [0.3, 0.4) is 0 Å². The van der Waals surface area contributed by atoms with Crippen LogP contribution in [0.2, 0.25) is 0 Å². The molecule has 2 heterocycles. The number of carbonyl (C=O) groups excluding carboxylic acids is 1. The molecule has 0 bridgehead atoms. The van der Waals surface area contributed by atoms with Crippen molar-refractivity contribution in [2.45, 2.75) is 32.6 Å². The van der Waals surface area contributed by atoms with Crippen LogP contribution in [0.25, 0.3) is 11.1 Å². The molecular weight excluding hydrogens is 394 g/mol. The van der Waals surface area contributed by atoms with Crippen LogP contribution < -0.4 is 5.56 Å². The van der Waals surface area contributed by atoms with Gasteiger partial charge in [-0.15, -0.1) is 0 Å². The van der Waals surface area contributed by atoms with Crippen LogP contribution in [0.15, 0.2) is 58.3 Å². The summed E-state index contributed by atoms with van der Waals surface area (Å²) in [6.07, 6.45) is 3.89. The second kappa shape index (κ2) is 8.47. The van der Waals surface area contributed by atoms with Gasteiger partial charge >= 0.3 is 5.97 Å². The molecule has 0 aliphatic carbocycles. The summed E-state index contributed by atoms with van der Waals surface area (Å²) in [7, 11) is 0. The molecule has 4 rings (SSSR count). The van der Waals surface area contributed by atoms with Crippen LogP contribution in [-0.2, 0) is 12.8 Å². The topological polar surface area (TPSA) is 102 Å². The summed E-state index contributed by atoms with van der Waals surface area (Å²) in [5, 5.41) is 9.42. The SMILES string of the molecule is CCCCc1c(Cc2ccc(-c3ccccc3C(=O)O)cc2)c(=O)nc2n1C(=O)C=N2. The molecule has 31 heavy (non-hydrogen) atoms. The lowest BCUT2D eigenvalue weighted by atomic mass is 9.96. The van der Waals surface area contributed by atoms with E-state index in [1.165, 1.54) is 10.8 Å². The number of carbonyl (C=O) groups is 2. The van der Waals surface area contributed by atoms with E-state index in [1.54, 1.807) is 24.3 Å². The molecule has 0 amide bonds. The first-order valence-electron chi connectivity index (χ1n) is 10.1. The predicted octanol–water partition coefficient (Wildman–Crippen LogP) is 3.90. The maximum Gasteiger partial charge on any atom is 0.336 e. The van der Waals surface area contributed by atoms with Gasteiger partial charge < -0.3 is 5.11 Å². The lowest BCUT2D eigenvalue weighted by Crippen LogP contribution is -2.24. The number of carboxylic acids is 1. The largest absolute Gasteiger partial charge is 0.478 e. The van der Waals surface area contributed by atoms with Crippen molar-refractivity contribution in [1.29, 1.82) is 0 Å². The number of aliphatic imine (C=N–C) groups is 1. The first-order chi connectivity index (χ1) is 15.0. The van der Waals surface area contributed by atoms with Gasteiger partial charge in [0.25, 0.3) is 11.5 Å². The fourth-order valence-corrected chi connectivity index (χ4v) is 3.79. The Morgan fingerprint density at radius 1 is 1.06 bits per heavy atom. The minimum Gasteiger partial charge on any atom is -0.478 e. The molecule has 0 spiro atoms. The van der Waals surface area contributed by atoms with Gasteiger partial charge in [0.05, 0.1) is 11.8 Å². The summed E-state index contributed by atoms with van der Waals surface area (Å²) >= 11 is 0. The third-order valence-corrected chi connectivity index (χ3v) is 5.36. The van der Waals surface area contributed by atoms with Crippen LogP contribution in [0, 0.1) is 0 Å². The van der Waals surface area contributed by atoms with Crippen molar-refractivity contribution < 1.29 is 14.7 Å². The lowest BCUT2D eigenvalue weighted by Gasteiger charge is -2.14. The van der Waals surface area contributed by atoms with E-state index in [1.807, 2.05) is 24.3 Å². The Bertz CT molecular complexity index is 1260.